The highest BCUT2D eigenvalue weighted by Gasteiger charge is 2.09. The van der Waals surface area contributed by atoms with E-state index in [9.17, 15) is 0 Å². The van der Waals surface area contributed by atoms with Gasteiger partial charge in [-0.25, -0.2) is 0 Å². The summed E-state index contributed by atoms with van der Waals surface area (Å²) in [6.07, 6.45) is 1.89. The quantitative estimate of drug-likeness (QED) is 0.854. The third kappa shape index (κ3) is 1.38. The Labute approximate surface area is 92.5 Å². The van der Waals surface area contributed by atoms with Crippen LogP contribution in [0, 0.1) is 0 Å². The summed E-state index contributed by atoms with van der Waals surface area (Å²) in [7, 11) is 1.67. The van der Waals surface area contributed by atoms with Crippen LogP contribution in [0.15, 0.2) is 27.3 Å². The predicted octanol–water partition coefficient (Wildman–Crippen LogP) is 3.70. The van der Waals surface area contributed by atoms with Crippen LogP contribution in [-0.2, 0) is 0 Å². The van der Waals surface area contributed by atoms with Gasteiger partial charge in [0.1, 0.15) is 5.75 Å². The van der Waals surface area contributed by atoms with Crippen LogP contribution < -0.4 is 4.74 Å². The van der Waals surface area contributed by atoms with E-state index in [4.69, 9.17) is 4.74 Å². The molecule has 0 saturated heterocycles. The number of fused-ring (bicyclic) bond motifs is 1. The number of H-pyrrole nitrogens is 1. The summed E-state index contributed by atoms with van der Waals surface area (Å²) in [4.78, 5) is 3.14. The maximum atomic E-state index is 5.28. The molecule has 2 nitrogen and oxygen atoms in total. The average Bonchev–Trinajstić information content (AvgIpc) is 2.53. The van der Waals surface area contributed by atoms with Crippen LogP contribution in [0.5, 0.6) is 5.75 Å². The van der Waals surface area contributed by atoms with Crippen LogP contribution in [0.3, 0.4) is 0 Å². The van der Waals surface area contributed by atoms with Crippen molar-refractivity contribution in [1.82, 2.24) is 4.98 Å². The summed E-state index contributed by atoms with van der Waals surface area (Å²) in [5.41, 5.74) is 1.06. The first-order chi connectivity index (χ1) is 6.24. The van der Waals surface area contributed by atoms with Crippen molar-refractivity contribution in [3.05, 3.63) is 27.3 Å². The fourth-order valence-corrected chi connectivity index (χ4v) is 2.81. The van der Waals surface area contributed by atoms with E-state index >= 15 is 0 Å². The molecule has 1 N–H and O–H groups in total. The van der Waals surface area contributed by atoms with Crippen molar-refractivity contribution in [3.63, 3.8) is 0 Å². The van der Waals surface area contributed by atoms with Crippen molar-refractivity contribution < 1.29 is 4.74 Å². The van der Waals surface area contributed by atoms with Gasteiger partial charge in [-0.05, 0) is 44.0 Å². The molecular formula is C9H7Br2NO. The highest BCUT2D eigenvalue weighted by atomic mass is 79.9. The molecule has 0 spiro atoms. The van der Waals surface area contributed by atoms with Crippen LogP contribution in [0.25, 0.3) is 10.9 Å². The van der Waals surface area contributed by atoms with Gasteiger partial charge >= 0.3 is 0 Å². The van der Waals surface area contributed by atoms with Gasteiger partial charge in [0.25, 0.3) is 0 Å². The molecule has 0 aliphatic carbocycles. The second kappa shape index (κ2) is 3.35. The second-order valence-corrected chi connectivity index (χ2v) is 4.35. The first-order valence-electron chi connectivity index (χ1n) is 3.73. The van der Waals surface area contributed by atoms with Crippen LogP contribution in [0.2, 0.25) is 0 Å². The zero-order valence-corrected chi connectivity index (χ0v) is 10.1. The Morgan fingerprint density at radius 3 is 2.77 bits per heavy atom. The molecule has 0 saturated carbocycles. The van der Waals surface area contributed by atoms with E-state index in [1.165, 1.54) is 0 Å². The lowest BCUT2D eigenvalue weighted by molar-refractivity contribution is 0.417. The monoisotopic (exact) mass is 303 g/mol. The lowest BCUT2D eigenvalue weighted by Crippen LogP contribution is -1.85. The molecule has 0 atom stereocenters. The van der Waals surface area contributed by atoms with E-state index < -0.39 is 0 Å². The number of methoxy groups -OCH3 is 1. The van der Waals surface area contributed by atoms with Crippen LogP contribution >= 0.6 is 31.9 Å². The summed E-state index contributed by atoms with van der Waals surface area (Å²) in [5.74, 6) is 0.861. The maximum absolute atomic E-state index is 5.28. The molecule has 0 radical (unpaired) electrons. The Kier molecular flexibility index (Phi) is 2.34. The number of aromatic nitrogens is 1. The van der Waals surface area contributed by atoms with Gasteiger partial charge in [0, 0.05) is 16.1 Å². The molecule has 0 aliphatic rings. The number of benzene rings is 1. The topological polar surface area (TPSA) is 25.0 Å². The Morgan fingerprint density at radius 2 is 2.08 bits per heavy atom. The van der Waals surface area contributed by atoms with E-state index in [0.717, 1.165) is 25.6 Å². The van der Waals surface area contributed by atoms with Crippen molar-refractivity contribution in [2.45, 2.75) is 0 Å². The third-order valence-electron chi connectivity index (χ3n) is 1.90. The molecule has 0 unspecified atom stereocenters. The molecular weight excluding hydrogens is 298 g/mol. The minimum atomic E-state index is 0.861. The van der Waals surface area contributed by atoms with E-state index in [2.05, 4.69) is 36.8 Å². The molecule has 0 fully saturated rings. The largest absolute Gasteiger partial charge is 0.495 e. The lowest BCUT2D eigenvalue weighted by atomic mass is 10.2. The molecule has 0 amide bonds. The zero-order valence-electron chi connectivity index (χ0n) is 6.90. The molecule has 1 heterocycles. The summed E-state index contributed by atoms with van der Waals surface area (Å²) >= 11 is 6.92. The summed E-state index contributed by atoms with van der Waals surface area (Å²) in [5, 5.41) is 1.07. The van der Waals surface area contributed by atoms with Gasteiger partial charge < -0.3 is 9.72 Å². The number of ether oxygens (including phenoxy) is 1. The minimum absolute atomic E-state index is 0.861. The molecule has 13 heavy (non-hydrogen) atoms. The van der Waals surface area contributed by atoms with E-state index in [0.29, 0.717) is 0 Å². The maximum Gasteiger partial charge on any atom is 0.142 e. The number of aromatic amines is 1. The van der Waals surface area contributed by atoms with Gasteiger partial charge in [0.05, 0.1) is 17.1 Å². The van der Waals surface area contributed by atoms with Gasteiger partial charge in [-0.2, -0.15) is 0 Å². The Hall–Kier alpha value is -0.480. The molecule has 2 rings (SSSR count). The molecule has 68 valence electrons. The molecule has 1 aromatic heterocycles. The minimum Gasteiger partial charge on any atom is -0.495 e. The first kappa shape index (κ1) is 9.09. The Balaban J connectivity index is 2.88. The first-order valence-corrected chi connectivity index (χ1v) is 5.31. The van der Waals surface area contributed by atoms with Crippen molar-refractivity contribution in [3.8, 4) is 5.75 Å². The summed E-state index contributed by atoms with van der Waals surface area (Å²) in [6.45, 7) is 0. The van der Waals surface area contributed by atoms with Gasteiger partial charge in [0.15, 0.2) is 0 Å². The van der Waals surface area contributed by atoms with Crippen molar-refractivity contribution in [1.29, 1.82) is 0 Å². The Morgan fingerprint density at radius 1 is 1.31 bits per heavy atom. The van der Waals surface area contributed by atoms with Crippen molar-refractivity contribution in [2.24, 2.45) is 0 Å². The molecule has 2 aromatic rings. The number of halogens is 2. The van der Waals surface area contributed by atoms with Gasteiger partial charge in [-0.3, -0.25) is 0 Å². The lowest BCUT2D eigenvalue weighted by Gasteiger charge is -2.05. The normalized spacial score (nSPS) is 10.7. The van der Waals surface area contributed by atoms with Crippen molar-refractivity contribution >= 4 is 42.8 Å². The molecule has 0 bridgehead atoms. The Bertz CT molecular complexity index is 450. The van der Waals surface area contributed by atoms with Crippen LogP contribution in [0.4, 0.5) is 0 Å². The molecule has 0 aliphatic heterocycles. The average molecular weight is 305 g/mol. The van der Waals surface area contributed by atoms with Gasteiger partial charge in [0.2, 0.25) is 0 Å². The summed E-state index contributed by atoms with van der Waals surface area (Å²) < 4.78 is 7.26. The predicted molar refractivity (Wildman–Crippen MR) is 60.3 cm³/mol. The molecule has 4 heteroatoms. The third-order valence-corrected chi connectivity index (χ3v) is 3.12. The fourth-order valence-electron chi connectivity index (χ4n) is 1.34. The zero-order chi connectivity index (χ0) is 9.42. The van der Waals surface area contributed by atoms with Crippen LogP contribution in [-0.4, -0.2) is 12.1 Å². The second-order valence-electron chi connectivity index (χ2n) is 2.64. The fraction of sp³-hybridized carbons (Fsp3) is 0.111. The van der Waals surface area contributed by atoms with Gasteiger partial charge in [-0.15, -0.1) is 0 Å². The van der Waals surface area contributed by atoms with E-state index in [-0.39, 0.29) is 0 Å². The smallest absolute Gasteiger partial charge is 0.142 e. The standard InChI is InChI=1S/C9H7Br2NO/c1-13-9-5-2-3-12-8(5)6(10)4-7(9)11/h2-4,12H,1H3. The highest BCUT2D eigenvalue weighted by Crippen LogP contribution is 2.37. The summed E-state index contributed by atoms with van der Waals surface area (Å²) in [6, 6.07) is 3.96. The highest BCUT2D eigenvalue weighted by molar-refractivity contribution is 9.11. The van der Waals surface area contributed by atoms with E-state index in [1.54, 1.807) is 7.11 Å². The number of rotatable bonds is 1. The van der Waals surface area contributed by atoms with Gasteiger partial charge in [-0.1, -0.05) is 0 Å². The van der Waals surface area contributed by atoms with E-state index in [1.807, 2.05) is 18.3 Å². The SMILES string of the molecule is COc1c(Br)cc(Br)c2[nH]ccc12. The number of nitrogens with one attached hydrogen (secondary N) is 1. The van der Waals surface area contributed by atoms with Crippen molar-refractivity contribution in [2.75, 3.05) is 7.11 Å². The number of hydrogen-bond acceptors (Lipinski definition) is 1. The molecule has 1 aromatic carbocycles. The van der Waals surface area contributed by atoms with Crippen LogP contribution in [0.1, 0.15) is 0 Å². The number of hydrogen-bond donors (Lipinski definition) is 1.